The van der Waals surface area contributed by atoms with Crippen LogP contribution in [0.5, 0.6) is 5.75 Å². The lowest BCUT2D eigenvalue weighted by Crippen LogP contribution is -1.80. The van der Waals surface area contributed by atoms with Gasteiger partial charge in [-0.25, -0.2) is 4.39 Å². The van der Waals surface area contributed by atoms with Crippen LogP contribution in [0.4, 0.5) is 4.39 Å². The molecule has 0 aliphatic heterocycles. The van der Waals surface area contributed by atoms with E-state index < -0.39 is 0 Å². The van der Waals surface area contributed by atoms with Crippen LogP contribution in [0.3, 0.4) is 0 Å². The van der Waals surface area contributed by atoms with Crippen LogP contribution in [0.15, 0.2) is 24.3 Å². The summed E-state index contributed by atoms with van der Waals surface area (Å²) in [5.41, 5.74) is 0.379. The van der Waals surface area contributed by atoms with E-state index in [1.54, 1.807) is 12.2 Å². The van der Waals surface area contributed by atoms with Gasteiger partial charge in [-0.3, -0.25) is 0 Å². The highest BCUT2D eigenvalue weighted by molar-refractivity contribution is 7.80. The van der Waals surface area contributed by atoms with E-state index in [1.165, 1.54) is 18.2 Å². The van der Waals surface area contributed by atoms with E-state index in [9.17, 15) is 4.39 Å². The molecule has 1 N–H and O–H groups in total. The Morgan fingerprint density at radius 2 is 2.25 bits per heavy atom. The summed E-state index contributed by atoms with van der Waals surface area (Å²) in [6.07, 6.45) is 3.29. The number of halogens is 1. The molecule has 0 saturated carbocycles. The maximum Gasteiger partial charge on any atom is 0.130 e. The Morgan fingerprint density at radius 3 is 2.92 bits per heavy atom. The molecule has 0 bridgehead atoms. The Kier molecular flexibility index (Phi) is 3.17. The van der Waals surface area contributed by atoms with Gasteiger partial charge in [0, 0.05) is 11.3 Å². The van der Waals surface area contributed by atoms with E-state index in [0.717, 1.165) is 0 Å². The molecule has 0 aliphatic carbocycles. The molecule has 64 valence electrons. The van der Waals surface area contributed by atoms with E-state index in [1.807, 2.05) is 0 Å². The second kappa shape index (κ2) is 4.16. The van der Waals surface area contributed by atoms with E-state index in [2.05, 4.69) is 12.6 Å². The molecule has 1 nitrogen and oxygen atoms in total. The van der Waals surface area contributed by atoms with Crippen LogP contribution < -0.4 is 0 Å². The molecule has 0 spiro atoms. The average molecular weight is 184 g/mol. The normalized spacial score (nSPS) is 10.8. The molecule has 0 atom stereocenters. The Balaban J connectivity index is 2.97. The molecule has 1 aromatic carbocycles. The number of benzene rings is 1. The van der Waals surface area contributed by atoms with Gasteiger partial charge in [0.2, 0.25) is 0 Å². The van der Waals surface area contributed by atoms with Crippen LogP contribution in [-0.4, -0.2) is 10.9 Å². The molecular weight excluding hydrogens is 175 g/mol. The highest BCUT2D eigenvalue weighted by atomic mass is 32.1. The summed E-state index contributed by atoms with van der Waals surface area (Å²) in [6, 6.07) is 3.91. The minimum Gasteiger partial charge on any atom is -0.508 e. The summed E-state index contributed by atoms with van der Waals surface area (Å²) >= 11 is 3.94. The first kappa shape index (κ1) is 9.13. The van der Waals surface area contributed by atoms with Crippen LogP contribution in [0.1, 0.15) is 5.56 Å². The Bertz CT molecular complexity index is 297. The largest absolute Gasteiger partial charge is 0.508 e. The number of phenols is 1. The summed E-state index contributed by atoms with van der Waals surface area (Å²) in [5, 5.41) is 9.02. The first-order valence-corrected chi connectivity index (χ1v) is 4.13. The number of thiol groups is 1. The zero-order valence-corrected chi connectivity index (χ0v) is 7.26. The van der Waals surface area contributed by atoms with Gasteiger partial charge in [-0.05, 0) is 18.2 Å². The summed E-state index contributed by atoms with van der Waals surface area (Å²) in [4.78, 5) is 0. The van der Waals surface area contributed by atoms with Crippen LogP contribution in [0.25, 0.3) is 6.08 Å². The maximum atomic E-state index is 12.9. The van der Waals surface area contributed by atoms with Crippen molar-refractivity contribution >= 4 is 18.7 Å². The Hall–Kier alpha value is -0.960. The highest BCUT2D eigenvalue weighted by Gasteiger charge is 1.97. The van der Waals surface area contributed by atoms with Crippen molar-refractivity contribution in [3.05, 3.63) is 35.7 Å². The van der Waals surface area contributed by atoms with E-state index in [0.29, 0.717) is 11.3 Å². The zero-order valence-electron chi connectivity index (χ0n) is 6.37. The predicted molar refractivity (Wildman–Crippen MR) is 51.0 cm³/mol. The minimum atomic E-state index is -0.342. The van der Waals surface area contributed by atoms with Gasteiger partial charge in [0.25, 0.3) is 0 Å². The topological polar surface area (TPSA) is 20.2 Å². The summed E-state index contributed by atoms with van der Waals surface area (Å²) in [5.74, 6) is 0.274. The van der Waals surface area contributed by atoms with Crippen molar-refractivity contribution in [2.24, 2.45) is 0 Å². The van der Waals surface area contributed by atoms with Crippen LogP contribution in [0, 0.1) is 5.82 Å². The van der Waals surface area contributed by atoms with Crippen LogP contribution in [0.2, 0.25) is 0 Å². The first-order valence-electron chi connectivity index (χ1n) is 3.50. The summed E-state index contributed by atoms with van der Waals surface area (Å²) in [7, 11) is 0. The van der Waals surface area contributed by atoms with Crippen molar-refractivity contribution in [3.63, 3.8) is 0 Å². The molecular formula is C9H9FOS. The molecule has 0 unspecified atom stereocenters. The third-order valence-electron chi connectivity index (χ3n) is 1.38. The molecule has 0 fully saturated rings. The minimum absolute atomic E-state index is 0.0650. The molecule has 0 radical (unpaired) electrons. The van der Waals surface area contributed by atoms with Crippen molar-refractivity contribution in [1.29, 1.82) is 0 Å². The van der Waals surface area contributed by atoms with Crippen molar-refractivity contribution < 1.29 is 9.50 Å². The molecule has 0 aliphatic rings. The second-order valence-electron chi connectivity index (χ2n) is 2.29. The van der Waals surface area contributed by atoms with Crippen LogP contribution in [-0.2, 0) is 0 Å². The quantitative estimate of drug-likeness (QED) is 0.676. The van der Waals surface area contributed by atoms with Gasteiger partial charge < -0.3 is 5.11 Å². The molecule has 0 saturated heterocycles. The maximum absolute atomic E-state index is 12.9. The van der Waals surface area contributed by atoms with Gasteiger partial charge in [0.1, 0.15) is 11.6 Å². The van der Waals surface area contributed by atoms with E-state index in [-0.39, 0.29) is 11.6 Å². The number of aromatic hydroxyl groups is 1. The number of phenolic OH excluding ortho intramolecular Hbond substituents is 1. The van der Waals surface area contributed by atoms with Crippen molar-refractivity contribution in [2.75, 3.05) is 5.75 Å². The van der Waals surface area contributed by atoms with Gasteiger partial charge in [-0.15, -0.1) is 0 Å². The molecule has 3 heteroatoms. The Morgan fingerprint density at radius 1 is 1.50 bits per heavy atom. The summed E-state index contributed by atoms with van der Waals surface area (Å²) < 4.78 is 12.9. The lowest BCUT2D eigenvalue weighted by Gasteiger charge is -1.96. The number of hydrogen-bond acceptors (Lipinski definition) is 2. The zero-order chi connectivity index (χ0) is 8.97. The van der Waals surface area contributed by atoms with Crippen molar-refractivity contribution in [1.82, 2.24) is 0 Å². The van der Waals surface area contributed by atoms with Gasteiger partial charge >= 0.3 is 0 Å². The SMILES string of the molecule is Oc1ccc(F)c(C=CCS)c1. The van der Waals surface area contributed by atoms with Crippen molar-refractivity contribution in [2.45, 2.75) is 0 Å². The molecule has 1 aromatic rings. The number of hydrogen-bond donors (Lipinski definition) is 2. The standard InChI is InChI=1S/C9H9FOS/c10-9-4-3-8(11)6-7(9)2-1-5-12/h1-4,6,11-12H,5H2. The van der Waals surface area contributed by atoms with E-state index >= 15 is 0 Å². The van der Waals surface area contributed by atoms with Crippen LogP contribution >= 0.6 is 12.6 Å². The summed E-state index contributed by atoms with van der Waals surface area (Å²) in [6.45, 7) is 0. The fourth-order valence-electron chi connectivity index (χ4n) is 0.839. The van der Waals surface area contributed by atoms with Gasteiger partial charge in [-0.1, -0.05) is 12.2 Å². The number of rotatable bonds is 2. The predicted octanol–water partition coefficient (Wildman–Crippen LogP) is 2.47. The Labute approximate surface area is 76.0 Å². The molecule has 12 heavy (non-hydrogen) atoms. The van der Waals surface area contributed by atoms with Crippen molar-refractivity contribution in [3.8, 4) is 5.75 Å². The molecule has 0 amide bonds. The smallest absolute Gasteiger partial charge is 0.130 e. The van der Waals surface area contributed by atoms with Gasteiger partial charge in [-0.2, -0.15) is 12.6 Å². The van der Waals surface area contributed by atoms with E-state index in [4.69, 9.17) is 5.11 Å². The third kappa shape index (κ3) is 2.27. The first-order chi connectivity index (χ1) is 5.74. The molecule has 1 rings (SSSR count). The molecule has 0 heterocycles. The third-order valence-corrected chi connectivity index (χ3v) is 1.59. The fraction of sp³-hybridized carbons (Fsp3) is 0.111. The van der Waals surface area contributed by atoms with Gasteiger partial charge in [0.15, 0.2) is 0 Å². The average Bonchev–Trinajstić information content (AvgIpc) is 2.07. The monoisotopic (exact) mass is 184 g/mol. The lowest BCUT2D eigenvalue weighted by molar-refractivity contribution is 0.473. The lowest BCUT2D eigenvalue weighted by atomic mass is 10.2. The fourth-order valence-corrected chi connectivity index (χ4v) is 0.944. The second-order valence-corrected chi connectivity index (χ2v) is 2.66. The highest BCUT2D eigenvalue weighted by Crippen LogP contribution is 2.16. The van der Waals surface area contributed by atoms with Gasteiger partial charge in [0.05, 0.1) is 0 Å². The molecule has 0 aromatic heterocycles.